The standard InChI is InChI=1S/2C4H9NO.ClH.2H3N.Pt/c2*1-3-6-4-2-5-1;;;;/h2*5H,1-4H2;1H;2*1H3;/q;;;;;+2/p-1. The van der Waals surface area contributed by atoms with Crippen molar-refractivity contribution in [3.63, 3.8) is 0 Å². The molecular weight excluding hydrogens is 415 g/mol. The van der Waals surface area contributed by atoms with E-state index in [1.165, 1.54) is 0 Å². The van der Waals surface area contributed by atoms with Crippen LogP contribution < -0.4 is 35.3 Å². The fourth-order valence-corrected chi connectivity index (χ4v) is 1.03. The largest absolute Gasteiger partial charge is 2.00 e. The molecule has 0 amide bonds. The average molecular weight is 439 g/mol. The van der Waals surface area contributed by atoms with E-state index in [4.69, 9.17) is 9.47 Å². The van der Waals surface area contributed by atoms with Gasteiger partial charge in [-0.05, 0) is 0 Å². The van der Waals surface area contributed by atoms with Crippen LogP contribution in [-0.4, -0.2) is 52.6 Å². The molecule has 0 aromatic carbocycles. The Morgan fingerprint density at radius 3 is 0.938 bits per heavy atom. The van der Waals surface area contributed by atoms with E-state index >= 15 is 0 Å². The molecule has 2 aliphatic heterocycles. The van der Waals surface area contributed by atoms with Crippen molar-refractivity contribution in [1.29, 1.82) is 0 Å². The molecule has 8 N–H and O–H groups in total. The second-order valence-corrected chi connectivity index (χ2v) is 2.72. The van der Waals surface area contributed by atoms with Crippen LogP contribution in [0.5, 0.6) is 0 Å². The number of halogens is 1. The fourth-order valence-electron chi connectivity index (χ4n) is 1.03. The van der Waals surface area contributed by atoms with Gasteiger partial charge in [-0.15, -0.1) is 0 Å². The molecule has 2 fully saturated rings. The van der Waals surface area contributed by atoms with Crippen LogP contribution in [0.15, 0.2) is 0 Å². The number of hydrogen-bond donors (Lipinski definition) is 4. The van der Waals surface area contributed by atoms with E-state index in [0.29, 0.717) is 0 Å². The smallest absolute Gasteiger partial charge is 1.00 e. The maximum atomic E-state index is 5.01. The van der Waals surface area contributed by atoms with Gasteiger partial charge in [0.1, 0.15) is 0 Å². The van der Waals surface area contributed by atoms with E-state index < -0.39 is 0 Å². The summed E-state index contributed by atoms with van der Waals surface area (Å²) in [5.74, 6) is 0. The van der Waals surface area contributed by atoms with Gasteiger partial charge in [0.2, 0.25) is 0 Å². The van der Waals surface area contributed by atoms with Crippen LogP contribution in [0.2, 0.25) is 0 Å². The van der Waals surface area contributed by atoms with E-state index in [9.17, 15) is 0 Å². The first-order valence-corrected chi connectivity index (χ1v) is 4.57. The summed E-state index contributed by atoms with van der Waals surface area (Å²) >= 11 is 0. The SMILES string of the molecule is C1COCCN1.C1COCCN1.N.N.[Cl-].[Pt+2]. The predicted molar refractivity (Wildman–Crippen MR) is 57.4 cm³/mol. The molecule has 0 aromatic rings. The Morgan fingerprint density at radius 1 is 0.625 bits per heavy atom. The fraction of sp³-hybridized carbons (Fsp3) is 1.00. The topological polar surface area (TPSA) is 113 Å². The Bertz CT molecular complexity index is 73.0. The summed E-state index contributed by atoms with van der Waals surface area (Å²) < 4.78 is 10.0. The van der Waals surface area contributed by atoms with Crippen molar-refractivity contribution in [2.75, 3.05) is 52.6 Å². The van der Waals surface area contributed by atoms with E-state index in [0.717, 1.165) is 52.6 Å². The van der Waals surface area contributed by atoms with E-state index in [2.05, 4.69) is 10.6 Å². The Hall–Kier alpha value is 0.738. The number of ether oxygens (including phenoxy) is 2. The van der Waals surface area contributed by atoms with Crippen LogP contribution in [0.3, 0.4) is 0 Å². The summed E-state index contributed by atoms with van der Waals surface area (Å²) in [4.78, 5) is 0. The average Bonchev–Trinajstić information content (AvgIpc) is 2.24. The molecule has 2 aliphatic rings. The molecule has 0 aliphatic carbocycles. The Morgan fingerprint density at radius 2 is 0.875 bits per heavy atom. The zero-order valence-electron chi connectivity index (χ0n) is 9.58. The van der Waals surface area contributed by atoms with Gasteiger partial charge in [-0.2, -0.15) is 0 Å². The van der Waals surface area contributed by atoms with Gasteiger partial charge in [0, 0.05) is 26.2 Å². The van der Waals surface area contributed by atoms with Crippen LogP contribution in [0.1, 0.15) is 0 Å². The monoisotopic (exact) mass is 438 g/mol. The number of morpholine rings is 2. The molecule has 2 saturated heterocycles. The normalized spacial score (nSPS) is 18.0. The summed E-state index contributed by atoms with van der Waals surface area (Å²) in [5.41, 5.74) is 0. The van der Waals surface area contributed by atoms with Crippen molar-refractivity contribution < 1.29 is 42.9 Å². The predicted octanol–water partition coefficient (Wildman–Crippen LogP) is -3.46. The van der Waals surface area contributed by atoms with E-state index in [1.54, 1.807) is 0 Å². The van der Waals surface area contributed by atoms with Crippen LogP contribution in [0, 0.1) is 0 Å². The van der Waals surface area contributed by atoms with Crippen LogP contribution >= 0.6 is 0 Å². The maximum absolute atomic E-state index is 5.01. The Balaban J connectivity index is -0.0000000720. The summed E-state index contributed by atoms with van der Waals surface area (Å²) in [6.45, 7) is 7.67. The van der Waals surface area contributed by atoms with Gasteiger partial charge in [-0.25, -0.2) is 0 Å². The van der Waals surface area contributed by atoms with Gasteiger partial charge in [0.05, 0.1) is 26.4 Å². The van der Waals surface area contributed by atoms with Crippen LogP contribution in [-0.2, 0) is 30.5 Å². The molecule has 0 atom stereocenters. The molecule has 0 unspecified atom stereocenters. The van der Waals surface area contributed by atoms with Gasteiger partial charge in [0.25, 0.3) is 0 Å². The second kappa shape index (κ2) is 21.1. The van der Waals surface area contributed by atoms with E-state index in [1.807, 2.05) is 0 Å². The molecular formula is C8H24ClN4O2Pt+. The summed E-state index contributed by atoms with van der Waals surface area (Å²) in [6, 6.07) is 0. The minimum absolute atomic E-state index is 0. The van der Waals surface area contributed by atoms with Gasteiger partial charge < -0.3 is 44.8 Å². The molecule has 0 radical (unpaired) electrons. The zero-order chi connectivity index (χ0) is 8.49. The minimum Gasteiger partial charge on any atom is -1.00 e. The third kappa shape index (κ3) is 17.1. The molecule has 16 heavy (non-hydrogen) atoms. The first kappa shape index (κ1) is 25.6. The third-order valence-corrected chi connectivity index (χ3v) is 1.69. The molecule has 0 saturated carbocycles. The zero-order valence-corrected chi connectivity index (χ0v) is 12.6. The summed E-state index contributed by atoms with van der Waals surface area (Å²) in [7, 11) is 0. The quantitative estimate of drug-likeness (QED) is 0.313. The number of hydrogen-bond acceptors (Lipinski definition) is 6. The van der Waals surface area contributed by atoms with Crippen molar-refractivity contribution in [3.05, 3.63) is 0 Å². The van der Waals surface area contributed by atoms with Crippen LogP contribution in [0.25, 0.3) is 0 Å². The molecule has 2 heterocycles. The van der Waals surface area contributed by atoms with Gasteiger partial charge in [-0.3, -0.25) is 0 Å². The summed E-state index contributed by atoms with van der Waals surface area (Å²) in [5, 5.41) is 6.32. The number of rotatable bonds is 0. The second-order valence-electron chi connectivity index (χ2n) is 2.72. The molecule has 2 rings (SSSR count). The first-order valence-electron chi connectivity index (χ1n) is 4.57. The maximum Gasteiger partial charge on any atom is 2.00 e. The number of nitrogens with one attached hydrogen (secondary N) is 2. The molecule has 6 nitrogen and oxygen atoms in total. The minimum atomic E-state index is 0. The van der Waals surface area contributed by atoms with Crippen molar-refractivity contribution in [3.8, 4) is 0 Å². The van der Waals surface area contributed by atoms with Gasteiger partial charge >= 0.3 is 21.1 Å². The Kier molecular flexibility index (Phi) is 33.6. The third-order valence-electron chi connectivity index (χ3n) is 1.69. The first-order chi connectivity index (χ1) is 6.00. The molecule has 8 heteroatoms. The van der Waals surface area contributed by atoms with Crippen molar-refractivity contribution in [1.82, 2.24) is 22.9 Å². The van der Waals surface area contributed by atoms with Gasteiger partial charge in [-0.1, -0.05) is 0 Å². The van der Waals surface area contributed by atoms with Crippen molar-refractivity contribution in [2.45, 2.75) is 0 Å². The summed E-state index contributed by atoms with van der Waals surface area (Å²) in [6.07, 6.45) is 0. The van der Waals surface area contributed by atoms with Crippen molar-refractivity contribution >= 4 is 0 Å². The van der Waals surface area contributed by atoms with Gasteiger partial charge in [0.15, 0.2) is 0 Å². The van der Waals surface area contributed by atoms with E-state index in [-0.39, 0.29) is 45.8 Å². The molecule has 0 bridgehead atoms. The molecule has 104 valence electrons. The Labute approximate surface area is 118 Å². The van der Waals surface area contributed by atoms with Crippen molar-refractivity contribution in [2.24, 2.45) is 0 Å². The molecule has 0 spiro atoms. The molecule has 0 aromatic heterocycles. The van der Waals surface area contributed by atoms with Crippen LogP contribution in [0.4, 0.5) is 0 Å².